The lowest BCUT2D eigenvalue weighted by molar-refractivity contribution is -0.114. The summed E-state index contributed by atoms with van der Waals surface area (Å²) < 4.78 is 60.8. The molecule has 13 heteroatoms. The standard InChI is InChI=1S/C24H25Cl2N3O6S2/c1-16(2)28-36(31,32)19-10-12-23(35-3)22(14-19)27-24(30)15-29(17-9-11-20(25)21(26)13-17)37(33,34)18-7-5-4-6-8-18/h4-14,16,28H,15H2,1-3H3,(H,27,30). The first-order valence-electron chi connectivity index (χ1n) is 10.9. The second kappa shape index (κ2) is 11.7. The van der Waals surface area contributed by atoms with Crippen LogP contribution < -0.4 is 19.1 Å². The summed E-state index contributed by atoms with van der Waals surface area (Å²) in [6.07, 6.45) is 0. The highest BCUT2D eigenvalue weighted by Crippen LogP contribution is 2.31. The fourth-order valence-corrected chi connectivity index (χ4v) is 6.33. The van der Waals surface area contributed by atoms with Crippen molar-refractivity contribution in [2.24, 2.45) is 0 Å². The van der Waals surface area contributed by atoms with Crippen LogP contribution in [0.4, 0.5) is 11.4 Å². The minimum Gasteiger partial charge on any atom is -0.495 e. The third kappa shape index (κ3) is 6.93. The van der Waals surface area contributed by atoms with Gasteiger partial charge in [0, 0.05) is 6.04 Å². The third-order valence-corrected chi connectivity index (χ3v) is 9.14. The number of carbonyl (C=O) groups is 1. The average molecular weight is 587 g/mol. The Morgan fingerprint density at radius 3 is 2.19 bits per heavy atom. The number of sulfonamides is 2. The van der Waals surface area contributed by atoms with Crippen molar-refractivity contribution in [1.29, 1.82) is 0 Å². The molecule has 0 saturated heterocycles. The number of halogens is 2. The van der Waals surface area contributed by atoms with Crippen molar-refractivity contribution in [2.75, 3.05) is 23.3 Å². The molecule has 1 amide bonds. The van der Waals surface area contributed by atoms with Crippen LogP contribution in [0.25, 0.3) is 0 Å². The molecule has 0 unspecified atom stereocenters. The van der Waals surface area contributed by atoms with Crippen LogP contribution >= 0.6 is 23.2 Å². The lowest BCUT2D eigenvalue weighted by atomic mass is 10.3. The Labute approximate surface area is 226 Å². The lowest BCUT2D eigenvalue weighted by Gasteiger charge is -2.24. The molecule has 0 aliphatic rings. The molecule has 3 aromatic rings. The maximum Gasteiger partial charge on any atom is 0.264 e. The van der Waals surface area contributed by atoms with Crippen molar-refractivity contribution in [1.82, 2.24) is 4.72 Å². The number of rotatable bonds is 10. The first-order chi connectivity index (χ1) is 17.3. The minimum absolute atomic E-state index is 0.0423. The SMILES string of the molecule is COc1ccc(S(=O)(=O)NC(C)C)cc1NC(=O)CN(c1ccc(Cl)c(Cl)c1)S(=O)(=O)c1ccccc1. The number of ether oxygens (including phenoxy) is 1. The fourth-order valence-electron chi connectivity index (χ4n) is 3.33. The monoisotopic (exact) mass is 585 g/mol. The van der Waals surface area contributed by atoms with Gasteiger partial charge in [-0.3, -0.25) is 9.10 Å². The number of methoxy groups -OCH3 is 1. The summed E-state index contributed by atoms with van der Waals surface area (Å²) in [4.78, 5) is 13.0. The summed E-state index contributed by atoms with van der Waals surface area (Å²) in [5.74, 6) is -0.570. The van der Waals surface area contributed by atoms with Crippen molar-refractivity contribution < 1.29 is 26.4 Å². The number of anilines is 2. The number of nitrogens with one attached hydrogen (secondary N) is 2. The molecule has 3 rings (SSSR count). The summed E-state index contributed by atoms with van der Waals surface area (Å²) in [6.45, 7) is 2.70. The van der Waals surface area contributed by atoms with Crippen LogP contribution in [0, 0.1) is 0 Å². The molecule has 0 radical (unpaired) electrons. The number of nitrogens with zero attached hydrogens (tertiary/aromatic N) is 1. The molecule has 9 nitrogen and oxygen atoms in total. The Morgan fingerprint density at radius 1 is 0.919 bits per heavy atom. The average Bonchev–Trinajstić information content (AvgIpc) is 2.84. The molecule has 0 aliphatic heterocycles. The number of hydrogen-bond acceptors (Lipinski definition) is 6. The van der Waals surface area contributed by atoms with Gasteiger partial charge in [0.1, 0.15) is 12.3 Å². The molecule has 0 aliphatic carbocycles. The molecule has 3 aromatic carbocycles. The molecule has 198 valence electrons. The smallest absolute Gasteiger partial charge is 0.264 e. The summed E-state index contributed by atoms with van der Waals surface area (Å²) >= 11 is 12.1. The highest BCUT2D eigenvalue weighted by Gasteiger charge is 2.28. The van der Waals surface area contributed by atoms with Gasteiger partial charge < -0.3 is 10.1 Å². The molecular weight excluding hydrogens is 561 g/mol. The first-order valence-corrected chi connectivity index (χ1v) is 14.6. The number of amides is 1. The van der Waals surface area contributed by atoms with Crippen LogP contribution in [0.2, 0.25) is 10.0 Å². The highest BCUT2D eigenvalue weighted by molar-refractivity contribution is 7.92. The molecule has 0 heterocycles. The van der Waals surface area contributed by atoms with E-state index in [9.17, 15) is 21.6 Å². The van der Waals surface area contributed by atoms with Gasteiger partial charge in [-0.25, -0.2) is 21.6 Å². The Kier molecular flexibility index (Phi) is 9.09. The van der Waals surface area contributed by atoms with Gasteiger partial charge in [-0.05, 0) is 62.4 Å². The van der Waals surface area contributed by atoms with E-state index in [1.165, 1.54) is 55.6 Å². The Morgan fingerprint density at radius 2 is 1.59 bits per heavy atom. The van der Waals surface area contributed by atoms with Gasteiger partial charge in [0.15, 0.2) is 0 Å². The van der Waals surface area contributed by atoms with E-state index in [1.807, 2.05) is 0 Å². The summed E-state index contributed by atoms with van der Waals surface area (Å²) in [6, 6.07) is 15.4. The van der Waals surface area contributed by atoms with Crippen molar-refractivity contribution in [3.8, 4) is 5.75 Å². The molecular formula is C24H25Cl2N3O6S2. The van der Waals surface area contributed by atoms with E-state index in [1.54, 1.807) is 32.0 Å². The van der Waals surface area contributed by atoms with Crippen LogP contribution in [0.15, 0.2) is 76.5 Å². The molecule has 0 fully saturated rings. The second-order valence-electron chi connectivity index (χ2n) is 8.11. The maximum absolute atomic E-state index is 13.5. The van der Waals surface area contributed by atoms with Gasteiger partial charge in [0.2, 0.25) is 15.9 Å². The van der Waals surface area contributed by atoms with E-state index in [0.29, 0.717) is 0 Å². The molecule has 2 N–H and O–H groups in total. The van der Waals surface area contributed by atoms with E-state index in [4.69, 9.17) is 27.9 Å². The van der Waals surface area contributed by atoms with Gasteiger partial charge in [-0.1, -0.05) is 41.4 Å². The Balaban J connectivity index is 1.99. The van der Waals surface area contributed by atoms with Crippen LogP contribution in [0.1, 0.15) is 13.8 Å². The lowest BCUT2D eigenvalue weighted by Crippen LogP contribution is -2.38. The Bertz CT molecular complexity index is 1500. The van der Waals surface area contributed by atoms with Gasteiger partial charge in [-0.15, -0.1) is 0 Å². The number of benzene rings is 3. The van der Waals surface area contributed by atoms with Crippen LogP contribution in [0.3, 0.4) is 0 Å². The fraction of sp³-hybridized carbons (Fsp3) is 0.208. The summed E-state index contributed by atoms with van der Waals surface area (Å²) in [5, 5.41) is 2.87. The quantitative estimate of drug-likeness (QED) is 0.360. The normalized spacial score (nSPS) is 11.8. The topological polar surface area (TPSA) is 122 Å². The minimum atomic E-state index is -4.20. The van der Waals surface area contributed by atoms with Gasteiger partial charge in [0.25, 0.3) is 10.0 Å². The maximum atomic E-state index is 13.5. The van der Waals surface area contributed by atoms with Crippen molar-refractivity contribution in [2.45, 2.75) is 29.7 Å². The third-order valence-electron chi connectivity index (χ3n) is 4.96. The molecule has 0 aromatic heterocycles. The number of hydrogen-bond donors (Lipinski definition) is 2. The molecule has 37 heavy (non-hydrogen) atoms. The highest BCUT2D eigenvalue weighted by atomic mass is 35.5. The molecule has 0 atom stereocenters. The zero-order valence-electron chi connectivity index (χ0n) is 20.1. The zero-order chi connectivity index (χ0) is 27.4. The zero-order valence-corrected chi connectivity index (χ0v) is 23.2. The molecule has 0 bridgehead atoms. The Hall–Kier alpha value is -2.83. The predicted molar refractivity (Wildman–Crippen MR) is 145 cm³/mol. The van der Waals surface area contributed by atoms with Gasteiger partial charge in [0.05, 0.1) is 38.3 Å². The van der Waals surface area contributed by atoms with Crippen LogP contribution in [-0.2, 0) is 24.8 Å². The van der Waals surface area contributed by atoms with Crippen molar-refractivity contribution in [3.63, 3.8) is 0 Å². The van der Waals surface area contributed by atoms with E-state index < -0.39 is 32.5 Å². The van der Waals surface area contributed by atoms with Crippen molar-refractivity contribution in [3.05, 3.63) is 76.8 Å². The van der Waals surface area contributed by atoms with Crippen LogP contribution in [0.5, 0.6) is 5.75 Å². The predicted octanol–water partition coefficient (Wildman–Crippen LogP) is 4.52. The number of carbonyl (C=O) groups excluding carboxylic acids is 1. The van der Waals surface area contributed by atoms with E-state index in [2.05, 4.69) is 10.0 Å². The largest absolute Gasteiger partial charge is 0.495 e. The van der Waals surface area contributed by atoms with Crippen LogP contribution in [-0.4, -0.2) is 42.4 Å². The molecule has 0 saturated carbocycles. The van der Waals surface area contributed by atoms with Crippen molar-refractivity contribution >= 4 is 60.5 Å². The van der Waals surface area contributed by atoms with E-state index in [0.717, 1.165) is 4.31 Å². The van der Waals surface area contributed by atoms with E-state index in [-0.39, 0.29) is 43.0 Å². The second-order valence-corrected chi connectivity index (χ2v) is 12.5. The van der Waals surface area contributed by atoms with E-state index >= 15 is 0 Å². The first kappa shape index (κ1) is 28.7. The summed E-state index contributed by atoms with van der Waals surface area (Å²) in [5.41, 5.74) is 0.156. The molecule has 0 spiro atoms. The van der Waals surface area contributed by atoms with Gasteiger partial charge in [-0.2, -0.15) is 0 Å². The summed E-state index contributed by atoms with van der Waals surface area (Å²) in [7, 11) is -6.71. The van der Waals surface area contributed by atoms with Gasteiger partial charge >= 0.3 is 0 Å².